The number of Topliss-reactive ketones (excluding diaryl/α,β-unsaturated/α-hetero) is 1. The molecule has 0 aliphatic heterocycles. The second-order valence-electron chi connectivity index (χ2n) is 5.25. The minimum Gasteiger partial charge on any atom is -0.285 e. The number of rotatable bonds is 3. The molecule has 4 nitrogen and oxygen atoms in total. The van der Waals surface area contributed by atoms with E-state index in [4.69, 9.17) is 23.2 Å². The molecule has 20 heavy (non-hydrogen) atoms. The van der Waals surface area contributed by atoms with Gasteiger partial charge in [0.15, 0.2) is 0 Å². The van der Waals surface area contributed by atoms with Gasteiger partial charge >= 0.3 is 0 Å². The van der Waals surface area contributed by atoms with E-state index in [2.05, 4.69) is 11.5 Å². The van der Waals surface area contributed by atoms with Gasteiger partial charge in [-0.1, -0.05) is 42.8 Å². The number of halogens is 2. The molecule has 0 saturated carbocycles. The van der Waals surface area contributed by atoms with Crippen molar-refractivity contribution in [3.63, 3.8) is 0 Å². The predicted octanol–water partition coefficient (Wildman–Crippen LogP) is 3.89. The van der Waals surface area contributed by atoms with Crippen LogP contribution in [-0.4, -0.2) is 18.8 Å². The van der Waals surface area contributed by atoms with Gasteiger partial charge in [0.05, 0.1) is 21.4 Å². The molecule has 0 aliphatic carbocycles. The molecular weight excluding hydrogens is 317 g/mol. The van der Waals surface area contributed by atoms with Crippen LogP contribution < -0.4 is 0 Å². The highest BCUT2D eigenvalue weighted by molar-refractivity contribution is 6.84. The first-order valence-electron chi connectivity index (χ1n) is 5.78. The highest BCUT2D eigenvalue weighted by atomic mass is 35.5. The van der Waals surface area contributed by atoms with Gasteiger partial charge in [0, 0.05) is 11.6 Å². The van der Waals surface area contributed by atoms with Crippen LogP contribution in [-0.2, 0) is 11.2 Å². The molecule has 0 heterocycles. The summed E-state index contributed by atoms with van der Waals surface area (Å²) < 4.78 is 0. The van der Waals surface area contributed by atoms with Crippen LogP contribution >= 0.6 is 23.2 Å². The Morgan fingerprint density at radius 2 is 1.85 bits per heavy atom. The van der Waals surface area contributed by atoms with Gasteiger partial charge in [0.1, 0.15) is 8.07 Å². The summed E-state index contributed by atoms with van der Waals surface area (Å²) in [6, 6.07) is 2.49. The fourth-order valence-corrected chi connectivity index (χ4v) is 2.22. The van der Waals surface area contributed by atoms with E-state index in [1.807, 2.05) is 19.6 Å². The molecule has 1 aromatic rings. The molecule has 0 spiro atoms. The minimum atomic E-state index is -1.66. The van der Waals surface area contributed by atoms with Crippen molar-refractivity contribution in [2.24, 2.45) is 0 Å². The summed E-state index contributed by atoms with van der Waals surface area (Å²) >= 11 is 11.6. The number of hydrogen-bond donors (Lipinski definition) is 0. The molecule has 0 aliphatic rings. The number of nitrogens with zero attached hydrogens (tertiary/aromatic N) is 1. The van der Waals surface area contributed by atoms with Crippen LogP contribution in [0.4, 0.5) is 5.69 Å². The number of carbonyl (C=O) groups excluding carboxylic acids is 1. The predicted molar refractivity (Wildman–Crippen MR) is 82.9 cm³/mol. The van der Waals surface area contributed by atoms with Crippen molar-refractivity contribution >= 4 is 42.7 Å². The molecule has 106 valence electrons. The van der Waals surface area contributed by atoms with Crippen molar-refractivity contribution in [3.05, 3.63) is 37.9 Å². The summed E-state index contributed by atoms with van der Waals surface area (Å²) in [5.74, 6) is 2.18. The molecule has 0 unspecified atom stereocenters. The number of benzene rings is 1. The molecule has 0 amide bonds. The third kappa shape index (κ3) is 4.97. The van der Waals surface area contributed by atoms with Crippen molar-refractivity contribution < 1.29 is 9.72 Å². The first-order chi connectivity index (χ1) is 9.10. The zero-order valence-corrected chi connectivity index (χ0v) is 13.8. The Morgan fingerprint density at radius 3 is 2.35 bits per heavy atom. The monoisotopic (exact) mass is 329 g/mol. The SMILES string of the molecule is C[Si](C)(C)C#CC(=O)Cc1cc(Cl)c(Cl)cc1[N+](=O)[O-]. The molecule has 1 rings (SSSR count). The van der Waals surface area contributed by atoms with E-state index in [1.54, 1.807) is 0 Å². The number of hydrogen-bond acceptors (Lipinski definition) is 3. The van der Waals surface area contributed by atoms with E-state index in [9.17, 15) is 14.9 Å². The molecule has 0 N–H and O–H groups in total. The second-order valence-corrected chi connectivity index (χ2v) is 10.8. The zero-order chi connectivity index (χ0) is 15.5. The van der Waals surface area contributed by atoms with Crippen LogP contribution in [0, 0.1) is 21.6 Å². The van der Waals surface area contributed by atoms with E-state index in [1.165, 1.54) is 6.07 Å². The molecule has 0 aromatic heterocycles. The lowest BCUT2D eigenvalue weighted by atomic mass is 10.1. The van der Waals surface area contributed by atoms with Crippen LogP contribution in [0.5, 0.6) is 0 Å². The normalized spacial score (nSPS) is 10.7. The molecule has 1 aromatic carbocycles. The minimum absolute atomic E-state index is 0.0859. The molecule has 0 radical (unpaired) electrons. The van der Waals surface area contributed by atoms with Crippen molar-refractivity contribution in [2.45, 2.75) is 26.1 Å². The van der Waals surface area contributed by atoms with Crippen LogP contribution in [0.2, 0.25) is 29.7 Å². The number of nitro benzene ring substituents is 1. The largest absolute Gasteiger partial charge is 0.285 e. The standard InChI is InChI=1S/C13H13Cl2NO3Si/c1-20(2,3)5-4-10(17)6-9-7-11(14)12(15)8-13(9)16(18)19/h7-8H,6H2,1-3H3. The van der Waals surface area contributed by atoms with Crippen LogP contribution in [0.25, 0.3) is 0 Å². The first kappa shape index (κ1) is 16.7. The molecule has 0 bridgehead atoms. The highest BCUT2D eigenvalue weighted by Crippen LogP contribution is 2.30. The summed E-state index contributed by atoms with van der Waals surface area (Å²) in [6.07, 6.45) is -0.148. The molecule has 0 saturated heterocycles. The summed E-state index contributed by atoms with van der Waals surface area (Å²) in [6.45, 7) is 6.03. The number of carbonyl (C=O) groups is 1. The fraction of sp³-hybridized carbons (Fsp3) is 0.308. The average molecular weight is 330 g/mol. The Balaban J connectivity index is 3.08. The topological polar surface area (TPSA) is 60.2 Å². The van der Waals surface area contributed by atoms with E-state index in [0.29, 0.717) is 0 Å². The van der Waals surface area contributed by atoms with Crippen molar-refractivity contribution in [2.75, 3.05) is 0 Å². The number of nitro groups is 1. The maximum atomic E-state index is 11.8. The van der Waals surface area contributed by atoms with Gasteiger partial charge in [0.2, 0.25) is 5.78 Å². The summed E-state index contributed by atoms with van der Waals surface area (Å²) in [4.78, 5) is 22.1. The smallest absolute Gasteiger partial charge is 0.274 e. The van der Waals surface area contributed by atoms with Crippen LogP contribution in [0.15, 0.2) is 12.1 Å². The van der Waals surface area contributed by atoms with E-state index in [0.717, 1.165) is 6.07 Å². The quantitative estimate of drug-likeness (QED) is 0.365. The summed E-state index contributed by atoms with van der Waals surface area (Å²) in [5.41, 5.74) is 2.93. The molecule has 7 heteroatoms. The second kappa shape index (κ2) is 6.40. The molecule has 0 atom stereocenters. The average Bonchev–Trinajstić information content (AvgIpc) is 2.29. The van der Waals surface area contributed by atoms with E-state index in [-0.39, 0.29) is 33.5 Å². The van der Waals surface area contributed by atoms with Gasteiger partial charge in [-0.25, -0.2) is 0 Å². The highest BCUT2D eigenvalue weighted by Gasteiger charge is 2.19. The third-order valence-electron chi connectivity index (χ3n) is 2.25. The van der Waals surface area contributed by atoms with Gasteiger partial charge in [-0.3, -0.25) is 14.9 Å². The Morgan fingerprint density at radius 1 is 1.30 bits per heavy atom. The Kier molecular flexibility index (Phi) is 5.34. The lowest BCUT2D eigenvalue weighted by Gasteiger charge is -2.04. The first-order valence-corrected chi connectivity index (χ1v) is 10.0. The lowest BCUT2D eigenvalue weighted by molar-refractivity contribution is -0.385. The van der Waals surface area contributed by atoms with E-state index >= 15 is 0 Å². The van der Waals surface area contributed by atoms with Crippen molar-refractivity contribution in [1.29, 1.82) is 0 Å². The molecular formula is C13H13Cl2NO3Si. The lowest BCUT2D eigenvalue weighted by Crippen LogP contribution is -2.17. The zero-order valence-electron chi connectivity index (χ0n) is 11.3. The van der Waals surface area contributed by atoms with Gasteiger partial charge in [-0.05, 0) is 12.0 Å². The third-order valence-corrected chi connectivity index (χ3v) is 3.84. The summed E-state index contributed by atoms with van der Waals surface area (Å²) in [5, 5.41) is 11.2. The van der Waals surface area contributed by atoms with Crippen molar-refractivity contribution in [3.8, 4) is 11.5 Å². The fourth-order valence-electron chi connectivity index (χ4n) is 1.36. The Bertz CT molecular complexity index is 627. The van der Waals surface area contributed by atoms with Crippen molar-refractivity contribution in [1.82, 2.24) is 0 Å². The number of ketones is 1. The van der Waals surface area contributed by atoms with Gasteiger partial charge in [0.25, 0.3) is 5.69 Å². The van der Waals surface area contributed by atoms with E-state index < -0.39 is 13.0 Å². The van der Waals surface area contributed by atoms with Crippen LogP contribution in [0.1, 0.15) is 5.56 Å². The summed E-state index contributed by atoms with van der Waals surface area (Å²) in [7, 11) is -1.66. The van der Waals surface area contributed by atoms with Gasteiger partial charge in [-0.15, -0.1) is 5.54 Å². The maximum Gasteiger partial charge on any atom is 0.274 e. The Hall–Kier alpha value is -1.35. The van der Waals surface area contributed by atoms with Gasteiger partial charge in [-0.2, -0.15) is 0 Å². The maximum absolute atomic E-state index is 11.8. The molecule has 0 fully saturated rings. The van der Waals surface area contributed by atoms with Gasteiger partial charge < -0.3 is 0 Å². The Labute approximate surface area is 128 Å². The van der Waals surface area contributed by atoms with Crippen LogP contribution in [0.3, 0.4) is 0 Å².